The predicted octanol–water partition coefficient (Wildman–Crippen LogP) is 2.70. The Labute approximate surface area is 104 Å². The molecule has 0 fully saturated rings. The van der Waals surface area contributed by atoms with Crippen LogP contribution in [0, 0.1) is 6.92 Å². The lowest BCUT2D eigenvalue weighted by atomic mass is 10.1. The molecule has 1 N–H and O–H groups in total. The van der Waals surface area contributed by atoms with Crippen LogP contribution in [0.15, 0.2) is 23.1 Å². The second-order valence-electron chi connectivity index (χ2n) is 3.82. The number of benzene rings is 1. The Balaban J connectivity index is 3.28. The highest BCUT2D eigenvalue weighted by Gasteiger charge is 2.34. The van der Waals surface area contributed by atoms with Crippen LogP contribution in [0.25, 0.3) is 0 Å². The Morgan fingerprint density at radius 3 is 2.39 bits per heavy atom. The molecule has 0 unspecified atom stereocenters. The van der Waals surface area contributed by atoms with Crippen molar-refractivity contribution in [1.29, 1.82) is 0 Å². The van der Waals surface area contributed by atoms with Crippen LogP contribution >= 0.6 is 0 Å². The van der Waals surface area contributed by atoms with E-state index in [9.17, 15) is 21.6 Å². The summed E-state index contributed by atoms with van der Waals surface area (Å²) in [6, 6.07) is 3.13. The Hall–Kier alpha value is -1.08. The van der Waals surface area contributed by atoms with Gasteiger partial charge in [0, 0.05) is 6.54 Å². The molecule has 0 radical (unpaired) electrons. The zero-order valence-corrected chi connectivity index (χ0v) is 10.8. The molecule has 0 aliphatic carbocycles. The largest absolute Gasteiger partial charge is 0.416 e. The maximum atomic E-state index is 12.7. The zero-order chi connectivity index (χ0) is 14.0. The highest BCUT2D eigenvalue weighted by atomic mass is 32.2. The van der Waals surface area contributed by atoms with E-state index in [4.69, 9.17) is 0 Å². The fourth-order valence-corrected chi connectivity index (χ4v) is 2.93. The van der Waals surface area contributed by atoms with Gasteiger partial charge in [-0.25, -0.2) is 13.1 Å². The van der Waals surface area contributed by atoms with Crippen LogP contribution in [0.5, 0.6) is 0 Å². The van der Waals surface area contributed by atoms with Crippen molar-refractivity contribution in [3.05, 3.63) is 29.3 Å². The summed E-state index contributed by atoms with van der Waals surface area (Å²) in [5.74, 6) is 0. The molecule has 1 rings (SSSR count). The molecule has 0 aromatic heterocycles. The van der Waals surface area contributed by atoms with Crippen molar-refractivity contribution in [2.75, 3.05) is 6.54 Å². The van der Waals surface area contributed by atoms with Crippen LogP contribution < -0.4 is 4.72 Å². The standard InChI is InChI=1S/C11H14F3NO2S/c1-3-7-15-18(16,17)10-6-4-5-9(8(10)2)11(12,13)14/h4-6,15H,3,7H2,1-2H3. The van der Waals surface area contributed by atoms with Crippen LogP contribution in [0.2, 0.25) is 0 Å². The van der Waals surface area contributed by atoms with Crippen molar-refractivity contribution in [2.45, 2.75) is 31.3 Å². The minimum atomic E-state index is -4.56. The Kier molecular flexibility index (Phi) is 4.39. The summed E-state index contributed by atoms with van der Waals surface area (Å²) in [5, 5.41) is 0. The Bertz CT molecular complexity index is 524. The molecule has 0 atom stereocenters. The molecule has 0 heterocycles. The van der Waals surface area contributed by atoms with Gasteiger partial charge in [-0.3, -0.25) is 0 Å². The highest BCUT2D eigenvalue weighted by molar-refractivity contribution is 7.89. The van der Waals surface area contributed by atoms with Gasteiger partial charge < -0.3 is 0 Å². The molecule has 0 spiro atoms. The van der Waals surface area contributed by atoms with E-state index in [-0.39, 0.29) is 17.0 Å². The molecule has 18 heavy (non-hydrogen) atoms. The van der Waals surface area contributed by atoms with E-state index in [1.54, 1.807) is 6.92 Å². The molecule has 102 valence electrons. The Morgan fingerprint density at radius 2 is 1.89 bits per heavy atom. The first-order valence-electron chi connectivity index (χ1n) is 5.36. The van der Waals surface area contributed by atoms with Gasteiger partial charge in [-0.2, -0.15) is 13.2 Å². The quantitative estimate of drug-likeness (QED) is 0.922. The number of rotatable bonds is 4. The molecule has 0 saturated heterocycles. The molecule has 0 bridgehead atoms. The summed E-state index contributed by atoms with van der Waals surface area (Å²) < 4.78 is 63.8. The van der Waals surface area contributed by atoms with Crippen molar-refractivity contribution in [2.24, 2.45) is 0 Å². The molecule has 7 heteroatoms. The average molecular weight is 281 g/mol. The topological polar surface area (TPSA) is 46.2 Å². The van der Waals surface area contributed by atoms with Gasteiger partial charge in [-0.05, 0) is 31.0 Å². The van der Waals surface area contributed by atoms with Crippen molar-refractivity contribution in [3.8, 4) is 0 Å². The van der Waals surface area contributed by atoms with Crippen LogP contribution in [-0.2, 0) is 16.2 Å². The van der Waals surface area contributed by atoms with Gasteiger partial charge in [-0.1, -0.05) is 13.0 Å². The number of hydrogen-bond acceptors (Lipinski definition) is 2. The van der Waals surface area contributed by atoms with Crippen LogP contribution in [0.1, 0.15) is 24.5 Å². The second-order valence-corrected chi connectivity index (χ2v) is 5.56. The van der Waals surface area contributed by atoms with Gasteiger partial charge in [0.25, 0.3) is 0 Å². The fraction of sp³-hybridized carbons (Fsp3) is 0.455. The Morgan fingerprint density at radius 1 is 1.28 bits per heavy atom. The van der Waals surface area contributed by atoms with E-state index in [0.717, 1.165) is 19.1 Å². The molecule has 0 saturated carbocycles. The normalized spacial score (nSPS) is 12.7. The third-order valence-corrected chi connectivity index (χ3v) is 4.03. The van der Waals surface area contributed by atoms with Crippen molar-refractivity contribution in [3.63, 3.8) is 0 Å². The third-order valence-electron chi connectivity index (χ3n) is 2.42. The number of halogens is 3. The average Bonchev–Trinajstić information content (AvgIpc) is 2.25. The first kappa shape index (κ1) is 15.0. The second kappa shape index (κ2) is 5.27. The van der Waals surface area contributed by atoms with Crippen LogP contribution in [0.4, 0.5) is 13.2 Å². The highest BCUT2D eigenvalue weighted by Crippen LogP contribution is 2.33. The van der Waals surface area contributed by atoms with E-state index in [0.29, 0.717) is 6.42 Å². The van der Waals surface area contributed by atoms with E-state index in [2.05, 4.69) is 4.72 Å². The number of nitrogens with one attached hydrogen (secondary N) is 1. The first-order valence-corrected chi connectivity index (χ1v) is 6.85. The molecule has 0 aliphatic heterocycles. The predicted molar refractivity (Wildman–Crippen MR) is 61.7 cm³/mol. The van der Waals surface area contributed by atoms with Crippen LogP contribution in [-0.4, -0.2) is 15.0 Å². The SMILES string of the molecule is CCCNS(=O)(=O)c1cccc(C(F)(F)F)c1C. The number of alkyl halides is 3. The lowest BCUT2D eigenvalue weighted by molar-refractivity contribution is -0.138. The van der Waals surface area contributed by atoms with Gasteiger partial charge in [0.05, 0.1) is 10.5 Å². The summed E-state index contributed by atoms with van der Waals surface area (Å²) in [5.41, 5.74) is -1.21. The third kappa shape index (κ3) is 3.23. The molecule has 1 aromatic carbocycles. The summed E-state index contributed by atoms with van der Waals surface area (Å²) in [4.78, 5) is -0.328. The van der Waals surface area contributed by atoms with Crippen molar-refractivity contribution >= 4 is 10.0 Å². The lowest BCUT2D eigenvalue weighted by Crippen LogP contribution is -2.26. The first-order chi connectivity index (χ1) is 8.20. The summed E-state index contributed by atoms with van der Waals surface area (Å²) >= 11 is 0. The molecule has 0 amide bonds. The van der Waals surface area contributed by atoms with E-state index in [1.165, 1.54) is 6.07 Å². The number of sulfonamides is 1. The summed E-state index contributed by atoms with van der Waals surface area (Å²) in [7, 11) is -3.89. The molecular weight excluding hydrogens is 267 g/mol. The van der Waals surface area contributed by atoms with Gasteiger partial charge >= 0.3 is 6.18 Å². The molecular formula is C11H14F3NO2S. The van der Waals surface area contributed by atoms with E-state index in [1.807, 2.05) is 0 Å². The fourth-order valence-electron chi connectivity index (χ4n) is 1.53. The van der Waals surface area contributed by atoms with E-state index < -0.39 is 21.8 Å². The molecule has 1 aromatic rings. The smallest absolute Gasteiger partial charge is 0.211 e. The minimum absolute atomic E-state index is 0.192. The molecule has 0 aliphatic rings. The van der Waals surface area contributed by atoms with Gasteiger partial charge in [0.2, 0.25) is 10.0 Å². The van der Waals surface area contributed by atoms with Gasteiger partial charge in [0.15, 0.2) is 0 Å². The van der Waals surface area contributed by atoms with Gasteiger partial charge in [0.1, 0.15) is 0 Å². The minimum Gasteiger partial charge on any atom is -0.211 e. The maximum Gasteiger partial charge on any atom is 0.416 e. The zero-order valence-electron chi connectivity index (χ0n) is 10.0. The van der Waals surface area contributed by atoms with Crippen molar-refractivity contribution < 1.29 is 21.6 Å². The maximum absolute atomic E-state index is 12.7. The number of hydrogen-bond donors (Lipinski definition) is 1. The summed E-state index contributed by atoms with van der Waals surface area (Å²) in [6.07, 6.45) is -3.99. The van der Waals surface area contributed by atoms with Crippen LogP contribution in [0.3, 0.4) is 0 Å². The lowest BCUT2D eigenvalue weighted by Gasteiger charge is -2.14. The summed E-state index contributed by atoms with van der Waals surface area (Å²) in [6.45, 7) is 3.11. The van der Waals surface area contributed by atoms with Gasteiger partial charge in [-0.15, -0.1) is 0 Å². The molecule has 3 nitrogen and oxygen atoms in total. The van der Waals surface area contributed by atoms with E-state index >= 15 is 0 Å². The monoisotopic (exact) mass is 281 g/mol. The van der Waals surface area contributed by atoms with Crippen molar-refractivity contribution in [1.82, 2.24) is 4.72 Å².